The number of nitrogens with two attached hydrogens (primary N) is 1. The van der Waals surface area contributed by atoms with Gasteiger partial charge in [-0.3, -0.25) is 14.8 Å². The van der Waals surface area contributed by atoms with Gasteiger partial charge in [0, 0.05) is 47.7 Å². The molecule has 0 aliphatic carbocycles. The van der Waals surface area contributed by atoms with E-state index in [1.54, 1.807) is 30.6 Å². The molecule has 0 radical (unpaired) electrons. The second-order valence-electron chi connectivity index (χ2n) is 7.14. The predicted molar refractivity (Wildman–Crippen MR) is 123 cm³/mol. The van der Waals surface area contributed by atoms with Gasteiger partial charge in [-0.25, -0.2) is 4.98 Å². The third-order valence-corrected chi connectivity index (χ3v) is 5.46. The summed E-state index contributed by atoms with van der Waals surface area (Å²) in [5.74, 6) is 0.0667. The topological polar surface area (TPSA) is 93.8 Å². The summed E-state index contributed by atoms with van der Waals surface area (Å²) >= 11 is 12.1. The molecule has 0 bridgehead atoms. The van der Waals surface area contributed by atoms with E-state index in [2.05, 4.69) is 20.3 Å². The Morgan fingerprint density at radius 1 is 1.10 bits per heavy atom. The molecular weight excluding hydrogens is 433 g/mol. The highest BCUT2D eigenvalue weighted by Gasteiger charge is 2.11. The zero-order valence-corrected chi connectivity index (χ0v) is 18.2. The van der Waals surface area contributed by atoms with Crippen LogP contribution in [0.4, 0.5) is 5.82 Å². The molecule has 3 heterocycles. The minimum absolute atomic E-state index is 0.209. The lowest BCUT2D eigenvalue weighted by molar-refractivity contribution is 0.0950. The Labute approximate surface area is 189 Å². The number of aromatic nitrogens is 3. The Morgan fingerprint density at radius 2 is 1.94 bits per heavy atom. The number of carbonyl (C=O) groups excluding carboxylic acids is 1. The van der Waals surface area contributed by atoms with Crippen LogP contribution in [0.5, 0.6) is 0 Å². The van der Waals surface area contributed by atoms with Gasteiger partial charge in [0.15, 0.2) is 0 Å². The number of pyridine rings is 3. The number of anilines is 1. The zero-order chi connectivity index (χ0) is 22.0. The van der Waals surface area contributed by atoms with Gasteiger partial charge in [0.25, 0.3) is 5.91 Å². The maximum Gasteiger partial charge on any atom is 0.251 e. The maximum atomic E-state index is 12.7. The van der Waals surface area contributed by atoms with Crippen LogP contribution in [0.1, 0.15) is 32.9 Å². The van der Waals surface area contributed by atoms with Crippen molar-refractivity contribution in [3.05, 3.63) is 93.0 Å². The van der Waals surface area contributed by atoms with E-state index in [0.29, 0.717) is 28.6 Å². The average Bonchev–Trinajstić information content (AvgIpc) is 2.75. The molecule has 0 saturated carbocycles. The predicted octanol–water partition coefficient (Wildman–Crippen LogP) is 4.74. The molecule has 3 aromatic heterocycles. The first kappa shape index (κ1) is 21.0. The van der Waals surface area contributed by atoms with E-state index in [-0.39, 0.29) is 11.7 Å². The molecule has 1 aromatic carbocycles. The van der Waals surface area contributed by atoms with Crippen LogP contribution >= 0.6 is 23.2 Å². The molecule has 156 valence electrons. The number of benzene rings is 1. The van der Waals surface area contributed by atoms with E-state index in [1.807, 2.05) is 31.2 Å². The molecule has 4 aromatic rings. The van der Waals surface area contributed by atoms with Crippen LogP contribution in [0, 0.1) is 6.92 Å². The standard InChI is InChI=1S/C23H19Cl2N5O/c1-13-17(10-20(25)22(26)30-13)11-29-23(31)16-5-6-27-19(9-16)8-15-4-2-3-14-7-18(24)12-28-21(14)15/h2-7,9-10,12H,8,11H2,1H3,(H2,26,30)(H,29,31). The minimum Gasteiger partial charge on any atom is -0.382 e. The molecule has 0 unspecified atom stereocenters. The van der Waals surface area contributed by atoms with Crippen LogP contribution in [0.15, 0.2) is 54.9 Å². The summed E-state index contributed by atoms with van der Waals surface area (Å²) in [5.41, 5.74) is 10.4. The van der Waals surface area contributed by atoms with Gasteiger partial charge in [-0.1, -0.05) is 41.4 Å². The number of para-hydroxylation sites is 1. The molecule has 1 amide bonds. The second kappa shape index (κ2) is 8.88. The minimum atomic E-state index is -0.209. The van der Waals surface area contributed by atoms with Crippen LogP contribution in [0.25, 0.3) is 10.9 Å². The fourth-order valence-corrected chi connectivity index (χ4v) is 3.69. The van der Waals surface area contributed by atoms with Gasteiger partial charge in [-0.15, -0.1) is 0 Å². The summed E-state index contributed by atoms with van der Waals surface area (Å²) < 4.78 is 0. The normalized spacial score (nSPS) is 10.9. The van der Waals surface area contributed by atoms with Gasteiger partial charge in [-0.2, -0.15) is 0 Å². The molecule has 8 heteroatoms. The van der Waals surface area contributed by atoms with E-state index in [0.717, 1.165) is 33.4 Å². The van der Waals surface area contributed by atoms with Crippen LogP contribution in [-0.2, 0) is 13.0 Å². The Hall–Kier alpha value is -3.22. The van der Waals surface area contributed by atoms with Crippen molar-refractivity contribution < 1.29 is 4.79 Å². The zero-order valence-electron chi connectivity index (χ0n) is 16.7. The van der Waals surface area contributed by atoms with Crippen molar-refractivity contribution in [1.82, 2.24) is 20.3 Å². The molecule has 0 aliphatic heterocycles. The summed E-state index contributed by atoms with van der Waals surface area (Å²) in [7, 11) is 0. The lowest BCUT2D eigenvalue weighted by atomic mass is 10.0. The first-order valence-electron chi connectivity index (χ1n) is 9.58. The summed E-state index contributed by atoms with van der Waals surface area (Å²) in [6.07, 6.45) is 3.81. The molecule has 6 nitrogen and oxygen atoms in total. The lowest BCUT2D eigenvalue weighted by Crippen LogP contribution is -2.23. The summed E-state index contributed by atoms with van der Waals surface area (Å²) in [5, 5.41) is 4.82. The number of hydrogen-bond donors (Lipinski definition) is 2. The summed E-state index contributed by atoms with van der Waals surface area (Å²) in [6, 6.07) is 13.0. The van der Waals surface area contributed by atoms with E-state index in [4.69, 9.17) is 28.9 Å². The van der Waals surface area contributed by atoms with Gasteiger partial charge in [0.2, 0.25) is 0 Å². The van der Waals surface area contributed by atoms with E-state index in [1.165, 1.54) is 0 Å². The van der Waals surface area contributed by atoms with Gasteiger partial charge in [0.05, 0.1) is 15.6 Å². The van der Waals surface area contributed by atoms with Gasteiger partial charge in [-0.05, 0) is 42.3 Å². The molecule has 0 saturated heterocycles. The number of aryl methyl sites for hydroxylation is 1. The van der Waals surface area contributed by atoms with Crippen LogP contribution in [0.3, 0.4) is 0 Å². The second-order valence-corrected chi connectivity index (χ2v) is 7.98. The molecule has 31 heavy (non-hydrogen) atoms. The van der Waals surface area contributed by atoms with Crippen LogP contribution < -0.4 is 11.1 Å². The number of nitrogens with one attached hydrogen (secondary N) is 1. The number of amides is 1. The fraction of sp³-hybridized carbons (Fsp3) is 0.130. The number of hydrogen-bond acceptors (Lipinski definition) is 5. The first-order chi connectivity index (χ1) is 14.9. The smallest absolute Gasteiger partial charge is 0.251 e. The first-order valence-corrected chi connectivity index (χ1v) is 10.3. The molecule has 0 spiro atoms. The number of rotatable bonds is 5. The largest absolute Gasteiger partial charge is 0.382 e. The highest BCUT2D eigenvalue weighted by molar-refractivity contribution is 6.32. The highest BCUT2D eigenvalue weighted by Crippen LogP contribution is 2.22. The highest BCUT2D eigenvalue weighted by atomic mass is 35.5. The van der Waals surface area contributed by atoms with Crippen molar-refractivity contribution in [2.24, 2.45) is 0 Å². The van der Waals surface area contributed by atoms with Crippen molar-refractivity contribution in [1.29, 1.82) is 0 Å². The van der Waals surface area contributed by atoms with Gasteiger partial charge < -0.3 is 11.1 Å². The van der Waals surface area contributed by atoms with Gasteiger partial charge in [0.1, 0.15) is 5.82 Å². The third-order valence-electron chi connectivity index (χ3n) is 4.95. The van der Waals surface area contributed by atoms with E-state index in [9.17, 15) is 4.79 Å². The molecule has 3 N–H and O–H groups in total. The number of halogens is 2. The van der Waals surface area contributed by atoms with Crippen molar-refractivity contribution in [2.75, 3.05) is 5.73 Å². The number of nitrogen functional groups attached to an aromatic ring is 1. The Morgan fingerprint density at radius 3 is 2.77 bits per heavy atom. The lowest BCUT2D eigenvalue weighted by Gasteiger charge is -2.10. The summed E-state index contributed by atoms with van der Waals surface area (Å²) in [6.45, 7) is 2.12. The monoisotopic (exact) mass is 451 g/mol. The van der Waals surface area contributed by atoms with Crippen LogP contribution in [-0.4, -0.2) is 20.9 Å². The van der Waals surface area contributed by atoms with Crippen molar-refractivity contribution in [2.45, 2.75) is 19.9 Å². The number of nitrogens with zero attached hydrogens (tertiary/aromatic N) is 3. The number of fused-ring (bicyclic) bond motifs is 1. The Bertz CT molecular complexity index is 1290. The average molecular weight is 452 g/mol. The number of carbonyl (C=O) groups is 1. The molecule has 0 fully saturated rings. The third kappa shape index (κ3) is 4.76. The molecule has 0 aliphatic rings. The quantitative estimate of drug-likeness (QED) is 0.456. The van der Waals surface area contributed by atoms with Crippen molar-refractivity contribution in [3.63, 3.8) is 0 Å². The van der Waals surface area contributed by atoms with Crippen molar-refractivity contribution >= 4 is 45.8 Å². The molecule has 0 atom stereocenters. The SMILES string of the molecule is Cc1nc(N)c(Cl)cc1CNC(=O)c1ccnc(Cc2cccc3cc(Cl)cnc23)c1. The van der Waals surface area contributed by atoms with Gasteiger partial charge >= 0.3 is 0 Å². The molecular formula is C23H19Cl2N5O. The molecule has 4 rings (SSSR count). The maximum absolute atomic E-state index is 12.7. The van der Waals surface area contributed by atoms with Crippen LogP contribution in [0.2, 0.25) is 10.0 Å². The van der Waals surface area contributed by atoms with E-state index < -0.39 is 0 Å². The Kier molecular flexibility index (Phi) is 6.02. The Balaban J connectivity index is 1.51. The van der Waals surface area contributed by atoms with Crippen molar-refractivity contribution in [3.8, 4) is 0 Å². The van der Waals surface area contributed by atoms with E-state index >= 15 is 0 Å². The fourth-order valence-electron chi connectivity index (χ4n) is 3.34. The summed E-state index contributed by atoms with van der Waals surface area (Å²) in [4.78, 5) is 25.8.